The van der Waals surface area contributed by atoms with E-state index < -0.39 is 18.0 Å². The molecular weight excluding hydrogens is 463 g/mol. The molecule has 3 rings (SSSR count). The molecule has 10 nitrogen and oxygen atoms in total. The number of rotatable bonds is 7. The van der Waals surface area contributed by atoms with Crippen LogP contribution in [0.15, 0.2) is 16.9 Å². The van der Waals surface area contributed by atoms with Crippen molar-refractivity contribution in [3.63, 3.8) is 0 Å². The highest BCUT2D eigenvalue weighted by Crippen LogP contribution is 2.24. The van der Waals surface area contributed by atoms with Gasteiger partial charge >= 0.3 is 6.03 Å². The highest BCUT2D eigenvalue weighted by Gasteiger charge is 2.27. The second-order valence-electron chi connectivity index (χ2n) is 6.84. The highest BCUT2D eigenvalue weighted by atomic mass is 79.9. The summed E-state index contributed by atoms with van der Waals surface area (Å²) in [5.41, 5.74) is 2.63. The Morgan fingerprint density at radius 3 is 3.03 bits per heavy atom. The van der Waals surface area contributed by atoms with Gasteiger partial charge in [-0.05, 0) is 28.9 Å². The number of carbonyl (C=O) groups excluding carboxylic acids is 2. The second-order valence-corrected chi connectivity index (χ2v) is 7.66. The first-order valence-corrected chi connectivity index (χ1v) is 9.99. The number of pyridine rings is 1. The molecule has 3 amide bonds. The Morgan fingerprint density at radius 1 is 1.57 bits per heavy atom. The standard InChI is InChI=1S/C18H22BrFN6O4/c1-11-13-8-25(18(29)22-16-5-17(19)21-6-14(16)20)4-3-15(13)23-26(11)7-12(9-27)30-24(2)10-28/h5-6,10,12,27H,3-4,7-9H2,1-2H3,(H,21,22,29). The van der Waals surface area contributed by atoms with Crippen molar-refractivity contribution in [2.24, 2.45) is 0 Å². The van der Waals surface area contributed by atoms with Crippen molar-refractivity contribution in [3.05, 3.63) is 39.6 Å². The normalized spacial score (nSPS) is 14.2. The Balaban J connectivity index is 1.70. The Morgan fingerprint density at radius 2 is 2.33 bits per heavy atom. The molecule has 0 aliphatic carbocycles. The first kappa shape index (κ1) is 22.1. The molecule has 2 N–H and O–H groups in total. The van der Waals surface area contributed by atoms with E-state index in [4.69, 9.17) is 4.84 Å². The summed E-state index contributed by atoms with van der Waals surface area (Å²) in [6.45, 7) is 2.57. The van der Waals surface area contributed by atoms with Crippen LogP contribution in [0.4, 0.5) is 14.9 Å². The Bertz CT molecular complexity index is 940. The number of hydroxylamine groups is 2. The molecule has 3 heterocycles. The van der Waals surface area contributed by atoms with Crippen LogP contribution in [0.3, 0.4) is 0 Å². The lowest BCUT2D eigenvalue weighted by molar-refractivity contribution is -0.192. The lowest BCUT2D eigenvalue weighted by Gasteiger charge is -2.27. The number of fused-ring (bicyclic) bond motifs is 1. The van der Waals surface area contributed by atoms with Gasteiger partial charge in [-0.15, -0.1) is 0 Å². The largest absolute Gasteiger partial charge is 0.393 e. The molecule has 30 heavy (non-hydrogen) atoms. The van der Waals surface area contributed by atoms with Crippen molar-refractivity contribution in [1.29, 1.82) is 0 Å². The van der Waals surface area contributed by atoms with Crippen molar-refractivity contribution in [2.45, 2.75) is 32.5 Å². The Labute approximate surface area is 180 Å². The van der Waals surface area contributed by atoms with Crippen LogP contribution in [0.1, 0.15) is 17.0 Å². The molecule has 2 aromatic heterocycles. The minimum Gasteiger partial charge on any atom is -0.393 e. The lowest BCUT2D eigenvalue weighted by atomic mass is 10.1. The minimum absolute atomic E-state index is 0.0438. The molecule has 2 aromatic rings. The summed E-state index contributed by atoms with van der Waals surface area (Å²) in [6, 6.07) is 0.978. The van der Waals surface area contributed by atoms with Crippen molar-refractivity contribution >= 4 is 34.1 Å². The molecule has 0 saturated carbocycles. The van der Waals surface area contributed by atoms with Crippen LogP contribution in [0, 0.1) is 12.7 Å². The van der Waals surface area contributed by atoms with Crippen LogP contribution in [-0.2, 0) is 29.1 Å². The maximum absolute atomic E-state index is 13.9. The zero-order valence-electron chi connectivity index (χ0n) is 16.5. The smallest absolute Gasteiger partial charge is 0.322 e. The number of aliphatic hydroxyl groups excluding tert-OH is 1. The first-order chi connectivity index (χ1) is 14.3. The molecule has 0 fully saturated rings. The van der Waals surface area contributed by atoms with Gasteiger partial charge in [0.2, 0.25) is 6.41 Å². The average molecular weight is 485 g/mol. The summed E-state index contributed by atoms with van der Waals surface area (Å²) in [5.74, 6) is -0.622. The van der Waals surface area contributed by atoms with Gasteiger partial charge in [0.1, 0.15) is 10.7 Å². The van der Waals surface area contributed by atoms with Gasteiger partial charge in [0.15, 0.2) is 5.82 Å². The van der Waals surface area contributed by atoms with Gasteiger partial charge in [-0.1, -0.05) is 0 Å². The summed E-state index contributed by atoms with van der Waals surface area (Å²) in [6.07, 6.45) is 1.43. The monoisotopic (exact) mass is 484 g/mol. The molecule has 1 aliphatic heterocycles. The van der Waals surface area contributed by atoms with E-state index in [2.05, 4.69) is 31.3 Å². The van der Waals surface area contributed by atoms with E-state index in [1.165, 1.54) is 13.1 Å². The van der Waals surface area contributed by atoms with Gasteiger partial charge < -0.3 is 15.3 Å². The zero-order valence-corrected chi connectivity index (χ0v) is 18.1. The van der Waals surface area contributed by atoms with E-state index in [0.717, 1.165) is 28.2 Å². The predicted octanol–water partition coefficient (Wildman–Crippen LogP) is 1.46. The third-order valence-electron chi connectivity index (χ3n) is 4.78. The number of amides is 3. The maximum atomic E-state index is 13.9. The zero-order chi connectivity index (χ0) is 21.8. The van der Waals surface area contributed by atoms with Crippen LogP contribution in [0.2, 0.25) is 0 Å². The molecule has 12 heteroatoms. The number of aliphatic hydroxyl groups is 1. The number of halogens is 2. The van der Waals surface area contributed by atoms with Crippen molar-refractivity contribution in [1.82, 2.24) is 24.7 Å². The van der Waals surface area contributed by atoms with Gasteiger partial charge in [-0.2, -0.15) is 5.10 Å². The first-order valence-electron chi connectivity index (χ1n) is 9.20. The van der Waals surface area contributed by atoms with Gasteiger partial charge in [0.25, 0.3) is 0 Å². The minimum atomic E-state index is -0.646. The number of anilines is 1. The fraction of sp³-hybridized carbons (Fsp3) is 0.444. The van der Waals surface area contributed by atoms with E-state index in [1.54, 1.807) is 9.58 Å². The number of nitrogens with one attached hydrogen (secondary N) is 1. The topological polar surface area (TPSA) is 113 Å². The van der Waals surface area contributed by atoms with E-state index in [-0.39, 0.29) is 18.8 Å². The van der Waals surface area contributed by atoms with Crippen LogP contribution in [0.25, 0.3) is 0 Å². The predicted molar refractivity (Wildman–Crippen MR) is 108 cm³/mol. The second kappa shape index (κ2) is 9.49. The fourth-order valence-electron chi connectivity index (χ4n) is 3.19. The van der Waals surface area contributed by atoms with Crippen molar-refractivity contribution in [3.8, 4) is 0 Å². The number of aromatic nitrogens is 3. The SMILES string of the molecule is Cc1c2c(nn1CC(CO)ON(C)C=O)CCN(C(=O)Nc1cc(Br)ncc1F)C2. The summed E-state index contributed by atoms with van der Waals surface area (Å²) in [4.78, 5) is 34.0. The van der Waals surface area contributed by atoms with Gasteiger partial charge in [0.05, 0.1) is 37.3 Å². The van der Waals surface area contributed by atoms with Crippen LogP contribution >= 0.6 is 15.9 Å². The molecule has 1 unspecified atom stereocenters. The van der Waals surface area contributed by atoms with Gasteiger partial charge in [-0.3, -0.25) is 14.3 Å². The molecule has 0 radical (unpaired) electrons. The number of hydrogen-bond donors (Lipinski definition) is 2. The summed E-state index contributed by atoms with van der Waals surface area (Å²) in [7, 11) is 1.44. The quantitative estimate of drug-likeness (QED) is 0.349. The van der Waals surface area contributed by atoms with Crippen molar-refractivity contribution in [2.75, 3.05) is 25.5 Å². The fourth-order valence-corrected chi connectivity index (χ4v) is 3.53. The van der Waals surface area contributed by atoms with Gasteiger partial charge in [0, 0.05) is 31.3 Å². The van der Waals surface area contributed by atoms with Gasteiger partial charge in [-0.25, -0.2) is 19.2 Å². The molecule has 0 aromatic carbocycles. The summed E-state index contributed by atoms with van der Waals surface area (Å²) in [5, 5.41) is 17.6. The molecule has 0 bridgehead atoms. The molecule has 162 valence electrons. The van der Waals surface area contributed by atoms with Crippen LogP contribution in [-0.4, -0.2) is 68.6 Å². The molecule has 1 atom stereocenters. The lowest BCUT2D eigenvalue weighted by Crippen LogP contribution is -2.39. The third kappa shape index (κ3) is 4.94. The van der Waals surface area contributed by atoms with Crippen LogP contribution < -0.4 is 5.32 Å². The Hall–Kier alpha value is -2.57. The third-order valence-corrected chi connectivity index (χ3v) is 5.21. The average Bonchev–Trinajstić information content (AvgIpc) is 3.04. The maximum Gasteiger partial charge on any atom is 0.322 e. The highest BCUT2D eigenvalue weighted by molar-refractivity contribution is 9.10. The molecule has 0 spiro atoms. The number of carbonyl (C=O) groups is 2. The van der Waals surface area contributed by atoms with E-state index >= 15 is 0 Å². The molecule has 1 aliphatic rings. The van der Waals surface area contributed by atoms with E-state index in [0.29, 0.717) is 30.5 Å². The van der Waals surface area contributed by atoms with E-state index in [9.17, 15) is 19.1 Å². The Kier molecular flexibility index (Phi) is 7.00. The van der Waals surface area contributed by atoms with E-state index in [1.807, 2.05) is 6.92 Å². The summed E-state index contributed by atoms with van der Waals surface area (Å²) >= 11 is 3.16. The summed E-state index contributed by atoms with van der Waals surface area (Å²) < 4.78 is 16.0. The van der Waals surface area contributed by atoms with Crippen LogP contribution in [0.5, 0.6) is 0 Å². The number of nitrogens with zero attached hydrogens (tertiary/aromatic N) is 5. The number of hydrogen-bond acceptors (Lipinski definition) is 6. The molecular formula is C18H22BrFN6O4. The van der Waals surface area contributed by atoms with Crippen molar-refractivity contribution < 1.29 is 23.9 Å². The number of urea groups is 1. The molecule has 0 saturated heterocycles.